The second kappa shape index (κ2) is 7.77. The van der Waals surface area contributed by atoms with Crippen LogP contribution in [0.1, 0.15) is 24.8 Å². The van der Waals surface area contributed by atoms with Gasteiger partial charge < -0.3 is 4.90 Å². The Balaban J connectivity index is 2.42. The molecule has 17 heavy (non-hydrogen) atoms. The number of unbranched alkanes of at least 4 members (excludes halogenated alkanes) is 2. The summed E-state index contributed by atoms with van der Waals surface area (Å²) < 4.78 is 26.8. The van der Waals surface area contributed by atoms with E-state index < -0.39 is 11.6 Å². The lowest BCUT2D eigenvalue weighted by molar-refractivity contribution is 0.307. The Bertz CT molecular complexity index is 324. The van der Waals surface area contributed by atoms with Crippen molar-refractivity contribution in [1.29, 1.82) is 0 Å². The van der Waals surface area contributed by atoms with Gasteiger partial charge in [-0.05, 0) is 38.6 Å². The van der Waals surface area contributed by atoms with E-state index in [1.54, 1.807) is 0 Å². The van der Waals surface area contributed by atoms with Gasteiger partial charge in [0.25, 0.3) is 0 Å². The lowest BCUT2D eigenvalue weighted by Crippen LogP contribution is -2.20. The topological polar surface area (TPSA) is 3.24 Å². The highest BCUT2D eigenvalue weighted by Crippen LogP contribution is 2.14. The van der Waals surface area contributed by atoms with E-state index in [2.05, 4.69) is 15.9 Å². The van der Waals surface area contributed by atoms with E-state index in [0.29, 0.717) is 6.54 Å². The fourth-order valence-corrected chi connectivity index (χ4v) is 2.08. The fourth-order valence-electron chi connectivity index (χ4n) is 1.69. The highest BCUT2D eigenvalue weighted by molar-refractivity contribution is 9.09. The van der Waals surface area contributed by atoms with Crippen molar-refractivity contribution < 1.29 is 8.78 Å². The third-order valence-electron chi connectivity index (χ3n) is 2.66. The van der Waals surface area contributed by atoms with Crippen molar-refractivity contribution in [2.75, 3.05) is 18.9 Å². The highest BCUT2D eigenvalue weighted by atomic mass is 79.9. The zero-order chi connectivity index (χ0) is 12.7. The maximum atomic E-state index is 13.4. The van der Waals surface area contributed by atoms with E-state index in [0.717, 1.165) is 31.1 Å². The fraction of sp³-hybridized carbons (Fsp3) is 0.538. The maximum absolute atomic E-state index is 13.4. The smallest absolute Gasteiger partial charge is 0.130 e. The third kappa shape index (κ3) is 5.13. The van der Waals surface area contributed by atoms with Crippen LogP contribution < -0.4 is 0 Å². The molecule has 4 heteroatoms. The number of nitrogens with zero attached hydrogens (tertiary/aromatic N) is 1. The van der Waals surface area contributed by atoms with E-state index in [9.17, 15) is 8.78 Å². The van der Waals surface area contributed by atoms with Gasteiger partial charge in [-0.15, -0.1) is 0 Å². The summed E-state index contributed by atoms with van der Waals surface area (Å²) in [5.41, 5.74) is 0.162. The Morgan fingerprint density at radius 2 is 1.76 bits per heavy atom. The van der Waals surface area contributed by atoms with Gasteiger partial charge in [0, 0.05) is 17.4 Å². The van der Waals surface area contributed by atoms with Crippen molar-refractivity contribution >= 4 is 15.9 Å². The number of alkyl halides is 1. The van der Waals surface area contributed by atoms with Crippen LogP contribution in [-0.4, -0.2) is 23.8 Å². The summed E-state index contributed by atoms with van der Waals surface area (Å²) in [6.45, 7) is 1.19. The van der Waals surface area contributed by atoms with Gasteiger partial charge in [0.1, 0.15) is 11.6 Å². The summed E-state index contributed by atoms with van der Waals surface area (Å²) in [7, 11) is 1.89. The lowest BCUT2D eigenvalue weighted by atomic mass is 10.1. The Morgan fingerprint density at radius 1 is 1.12 bits per heavy atom. The molecule has 1 rings (SSSR count). The molecule has 1 aromatic carbocycles. The molecule has 0 unspecified atom stereocenters. The molecule has 0 aliphatic heterocycles. The first kappa shape index (κ1) is 14.6. The van der Waals surface area contributed by atoms with Gasteiger partial charge in [-0.2, -0.15) is 0 Å². The molecule has 0 aliphatic rings. The van der Waals surface area contributed by atoms with Crippen molar-refractivity contribution in [3.63, 3.8) is 0 Å². The molecule has 0 saturated heterocycles. The molecule has 96 valence electrons. The number of halogens is 3. The number of benzene rings is 1. The standard InChI is InChI=1S/C13H18BrF2N/c1-17(9-4-2-3-8-14)10-11-12(15)6-5-7-13(11)16/h5-7H,2-4,8-10H2,1H3. The quantitative estimate of drug-likeness (QED) is 0.544. The summed E-state index contributed by atoms with van der Waals surface area (Å²) in [4.78, 5) is 1.95. The van der Waals surface area contributed by atoms with Gasteiger partial charge in [-0.1, -0.05) is 28.4 Å². The van der Waals surface area contributed by atoms with Crippen LogP contribution in [0.15, 0.2) is 18.2 Å². The van der Waals surface area contributed by atoms with E-state index in [1.165, 1.54) is 18.2 Å². The molecule has 0 heterocycles. The van der Waals surface area contributed by atoms with E-state index >= 15 is 0 Å². The molecule has 0 atom stereocenters. The van der Waals surface area contributed by atoms with Crippen LogP contribution in [0.25, 0.3) is 0 Å². The highest BCUT2D eigenvalue weighted by Gasteiger charge is 2.10. The number of rotatable bonds is 7. The summed E-state index contributed by atoms with van der Waals surface area (Å²) >= 11 is 3.38. The third-order valence-corrected chi connectivity index (χ3v) is 3.22. The van der Waals surface area contributed by atoms with Crippen LogP contribution in [0.5, 0.6) is 0 Å². The van der Waals surface area contributed by atoms with Gasteiger partial charge in [0.2, 0.25) is 0 Å². The second-order valence-electron chi connectivity index (χ2n) is 4.19. The van der Waals surface area contributed by atoms with E-state index in [-0.39, 0.29) is 5.56 Å². The molecule has 0 N–H and O–H groups in total. The van der Waals surface area contributed by atoms with Crippen molar-refractivity contribution in [2.45, 2.75) is 25.8 Å². The predicted octanol–water partition coefficient (Wildman–Crippen LogP) is 3.96. The molecule has 0 aromatic heterocycles. The molecule has 0 bridgehead atoms. The van der Waals surface area contributed by atoms with Crippen molar-refractivity contribution in [3.05, 3.63) is 35.4 Å². The SMILES string of the molecule is CN(CCCCCBr)Cc1c(F)cccc1F. The summed E-state index contributed by atoms with van der Waals surface area (Å²) in [6, 6.07) is 4.00. The monoisotopic (exact) mass is 305 g/mol. The molecule has 1 aromatic rings. The van der Waals surface area contributed by atoms with Crippen LogP contribution in [0.2, 0.25) is 0 Å². The lowest BCUT2D eigenvalue weighted by Gasteiger charge is -2.17. The predicted molar refractivity (Wildman–Crippen MR) is 70.3 cm³/mol. The minimum atomic E-state index is -0.461. The Morgan fingerprint density at radius 3 is 2.35 bits per heavy atom. The summed E-state index contributed by atoms with van der Waals surface area (Å²) in [6.07, 6.45) is 3.33. The average molecular weight is 306 g/mol. The van der Waals surface area contributed by atoms with Crippen LogP contribution in [0.3, 0.4) is 0 Å². The molecule has 0 saturated carbocycles. The first-order chi connectivity index (χ1) is 8.15. The van der Waals surface area contributed by atoms with E-state index in [4.69, 9.17) is 0 Å². The summed E-state index contributed by atoms with van der Waals surface area (Å²) in [5.74, 6) is -0.922. The van der Waals surface area contributed by atoms with Gasteiger partial charge in [-0.25, -0.2) is 8.78 Å². The van der Waals surface area contributed by atoms with Gasteiger partial charge >= 0.3 is 0 Å². The minimum Gasteiger partial charge on any atom is -0.302 e. The first-order valence-corrected chi connectivity index (χ1v) is 6.94. The number of hydrogen-bond donors (Lipinski definition) is 0. The van der Waals surface area contributed by atoms with Crippen molar-refractivity contribution in [3.8, 4) is 0 Å². The second-order valence-corrected chi connectivity index (χ2v) is 4.98. The Kier molecular flexibility index (Phi) is 6.66. The molecular weight excluding hydrogens is 288 g/mol. The van der Waals surface area contributed by atoms with Crippen LogP contribution in [0.4, 0.5) is 8.78 Å². The zero-order valence-corrected chi connectivity index (χ0v) is 11.6. The molecule has 0 amide bonds. The molecular formula is C13H18BrF2N. The Hall–Kier alpha value is -0.480. The maximum Gasteiger partial charge on any atom is 0.130 e. The largest absolute Gasteiger partial charge is 0.302 e. The van der Waals surface area contributed by atoms with Gasteiger partial charge in [-0.3, -0.25) is 0 Å². The first-order valence-electron chi connectivity index (χ1n) is 5.82. The molecule has 0 radical (unpaired) electrons. The van der Waals surface area contributed by atoms with Crippen LogP contribution >= 0.6 is 15.9 Å². The van der Waals surface area contributed by atoms with Gasteiger partial charge in [0.05, 0.1) is 0 Å². The zero-order valence-electron chi connectivity index (χ0n) is 10.1. The Labute approximate surface area is 110 Å². The molecule has 0 aliphatic carbocycles. The van der Waals surface area contributed by atoms with E-state index in [1.807, 2.05) is 11.9 Å². The van der Waals surface area contributed by atoms with Crippen molar-refractivity contribution in [2.24, 2.45) is 0 Å². The molecule has 1 nitrogen and oxygen atoms in total. The van der Waals surface area contributed by atoms with Gasteiger partial charge in [0.15, 0.2) is 0 Å². The van der Waals surface area contributed by atoms with Crippen LogP contribution in [-0.2, 0) is 6.54 Å². The number of hydrogen-bond acceptors (Lipinski definition) is 1. The minimum absolute atomic E-state index is 0.162. The normalized spacial score (nSPS) is 11.1. The summed E-state index contributed by atoms with van der Waals surface area (Å²) in [5, 5.41) is 1.01. The molecule has 0 fully saturated rings. The van der Waals surface area contributed by atoms with Crippen LogP contribution in [0, 0.1) is 11.6 Å². The average Bonchev–Trinajstić information content (AvgIpc) is 2.30. The molecule has 0 spiro atoms. The van der Waals surface area contributed by atoms with Crippen molar-refractivity contribution in [1.82, 2.24) is 4.90 Å².